The van der Waals surface area contributed by atoms with E-state index in [1.165, 1.54) is 17.6 Å². The lowest BCUT2D eigenvalue weighted by molar-refractivity contribution is 0.0593. The van der Waals surface area contributed by atoms with Gasteiger partial charge in [0.1, 0.15) is 0 Å². The molecule has 2 aromatic rings. The molecule has 1 N–H and O–H groups in total. The Labute approximate surface area is 240 Å². The maximum atomic E-state index is 12.3. The number of hydrogen-bond donors (Lipinski definition) is 1. The molecule has 2 fully saturated rings. The Morgan fingerprint density at radius 1 is 1.08 bits per heavy atom. The molecular formula is C27H37Cl2N7O3. The molecule has 0 unspecified atom stereocenters. The van der Waals surface area contributed by atoms with E-state index in [-0.39, 0.29) is 16.7 Å². The van der Waals surface area contributed by atoms with Crippen molar-refractivity contribution in [2.45, 2.75) is 44.8 Å². The SMILES string of the molecule is CC[C@H]1CN(c2nc(NC(=O)N(C)C)c(C(=O)OC)nc2Cl)CCN1C1CCN(Cc2ccc(Cl)cc2)CC1. The third-order valence-electron chi connectivity index (χ3n) is 7.49. The molecule has 0 spiro atoms. The van der Waals surface area contributed by atoms with Crippen molar-refractivity contribution >= 4 is 46.8 Å². The highest BCUT2D eigenvalue weighted by Gasteiger charge is 2.35. The van der Waals surface area contributed by atoms with Crippen LogP contribution in [0.15, 0.2) is 24.3 Å². The zero-order chi connectivity index (χ0) is 28.1. The van der Waals surface area contributed by atoms with Crippen molar-refractivity contribution in [3.8, 4) is 0 Å². The summed E-state index contributed by atoms with van der Waals surface area (Å²) in [6.07, 6.45) is 3.23. The predicted octanol–water partition coefficient (Wildman–Crippen LogP) is 4.23. The van der Waals surface area contributed by atoms with Gasteiger partial charge in [-0.1, -0.05) is 42.3 Å². The lowest BCUT2D eigenvalue weighted by Gasteiger charge is -2.47. The summed E-state index contributed by atoms with van der Waals surface area (Å²) in [6.45, 7) is 7.59. The van der Waals surface area contributed by atoms with Gasteiger partial charge in [-0.3, -0.25) is 15.1 Å². The molecule has 2 aliphatic rings. The van der Waals surface area contributed by atoms with E-state index in [2.05, 4.69) is 49.0 Å². The molecule has 2 saturated heterocycles. The number of ether oxygens (including phenoxy) is 1. The summed E-state index contributed by atoms with van der Waals surface area (Å²) < 4.78 is 4.83. The van der Waals surface area contributed by atoms with Crippen LogP contribution in [0.25, 0.3) is 0 Å². The molecule has 10 nitrogen and oxygen atoms in total. The maximum absolute atomic E-state index is 12.3. The number of carbonyl (C=O) groups excluding carboxylic acids is 2. The number of benzene rings is 1. The topological polar surface area (TPSA) is 94.1 Å². The number of nitrogens with one attached hydrogen (secondary N) is 1. The highest BCUT2D eigenvalue weighted by molar-refractivity contribution is 6.32. The first-order chi connectivity index (χ1) is 18.7. The number of hydrogen-bond acceptors (Lipinski definition) is 8. The van der Waals surface area contributed by atoms with Crippen LogP contribution in [-0.2, 0) is 11.3 Å². The van der Waals surface area contributed by atoms with Crippen LogP contribution in [0.1, 0.15) is 42.2 Å². The minimum absolute atomic E-state index is 0.0310. The number of likely N-dealkylation sites (tertiary alicyclic amines) is 1. The smallest absolute Gasteiger partial charge is 0.360 e. The minimum Gasteiger partial charge on any atom is -0.464 e. The van der Waals surface area contributed by atoms with Crippen molar-refractivity contribution < 1.29 is 14.3 Å². The number of piperazine rings is 1. The summed E-state index contributed by atoms with van der Waals surface area (Å²) in [5.74, 6) is -0.235. The van der Waals surface area contributed by atoms with Gasteiger partial charge in [-0.05, 0) is 50.0 Å². The average molecular weight is 579 g/mol. The van der Waals surface area contributed by atoms with E-state index in [0.717, 1.165) is 57.0 Å². The number of anilines is 2. The number of esters is 1. The number of methoxy groups -OCH3 is 1. The van der Waals surface area contributed by atoms with Crippen LogP contribution < -0.4 is 10.2 Å². The summed E-state index contributed by atoms with van der Waals surface area (Å²) in [6, 6.07) is 8.53. The molecule has 0 bridgehead atoms. The minimum atomic E-state index is -0.719. The zero-order valence-electron chi connectivity index (χ0n) is 23.0. The van der Waals surface area contributed by atoms with E-state index in [1.54, 1.807) is 14.1 Å². The Hall–Kier alpha value is -2.66. The van der Waals surface area contributed by atoms with E-state index in [1.807, 2.05) is 12.1 Å². The summed E-state index contributed by atoms with van der Waals surface area (Å²) >= 11 is 12.6. The lowest BCUT2D eigenvalue weighted by atomic mass is 9.98. The third kappa shape index (κ3) is 7.11. The van der Waals surface area contributed by atoms with Crippen LogP contribution in [0.2, 0.25) is 10.2 Å². The highest BCUT2D eigenvalue weighted by atomic mass is 35.5. The maximum Gasteiger partial charge on any atom is 0.360 e. The van der Waals surface area contributed by atoms with E-state index in [0.29, 0.717) is 24.4 Å². The van der Waals surface area contributed by atoms with Gasteiger partial charge in [-0.15, -0.1) is 0 Å². The molecule has 1 aromatic carbocycles. The second-order valence-electron chi connectivity index (χ2n) is 10.2. The number of carbonyl (C=O) groups is 2. The number of urea groups is 1. The Balaban J connectivity index is 1.43. The summed E-state index contributed by atoms with van der Waals surface area (Å²) in [4.78, 5) is 42.1. The molecule has 4 rings (SSSR count). The van der Waals surface area contributed by atoms with Crippen molar-refractivity contribution in [3.05, 3.63) is 45.7 Å². The van der Waals surface area contributed by atoms with E-state index in [9.17, 15) is 9.59 Å². The molecule has 2 aliphatic heterocycles. The summed E-state index contributed by atoms with van der Waals surface area (Å²) in [7, 11) is 4.45. The molecular weight excluding hydrogens is 541 g/mol. The zero-order valence-corrected chi connectivity index (χ0v) is 24.5. The fourth-order valence-electron chi connectivity index (χ4n) is 5.31. The van der Waals surface area contributed by atoms with Gasteiger partial charge in [-0.25, -0.2) is 19.6 Å². The Bertz CT molecular complexity index is 1160. The molecule has 1 atom stereocenters. The Kier molecular flexibility index (Phi) is 9.87. The number of rotatable bonds is 7. The second kappa shape index (κ2) is 13.1. The summed E-state index contributed by atoms with van der Waals surface area (Å²) in [5, 5.41) is 3.52. The van der Waals surface area contributed by atoms with Gasteiger partial charge < -0.3 is 14.5 Å². The molecule has 0 radical (unpaired) electrons. The normalized spacial score (nSPS) is 19.1. The molecule has 3 heterocycles. The van der Waals surface area contributed by atoms with Gasteiger partial charge in [0.2, 0.25) is 0 Å². The number of nitrogens with zero attached hydrogens (tertiary/aromatic N) is 6. The molecule has 212 valence electrons. The molecule has 1 aromatic heterocycles. The number of aromatic nitrogens is 2. The van der Waals surface area contributed by atoms with Crippen LogP contribution in [0.3, 0.4) is 0 Å². The van der Waals surface area contributed by atoms with Gasteiger partial charge >= 0.3 is 12.0 Å². The molecule has 0 aliphatic carbocycles. The van der Waals surface area contributed by atoms with E-state index >= 15 is 0 Å². The summed E-state index contributed by atoms with van der Waals surface area (Å²) in [5.41, 5.74) is 1.16. The van der Waals surface area contributed by atoms with Crippen LogP contribution in [-0.4, -0.2) is 103 Å². The second-order valence-corrected chi connectivity index (χ2v) is 11.0. The van der Waals surface area contributed by atoms with E-state index < -0.39 is 12.0 Å². The first-order valence-electron chi connectivity index (χ1n) is 13.3. The average Bonchev–Trinajstić information content (AvgIpc) is 2.94. The van der Waals surface area contributed by atoms with Gasteiger partial charge in [0.25, 0.3) is 0 Å². The molecule has 12 heteroatoms. The first-order valence-corrected chi connectivity index (χ1v) is 14.1. The van der Waals surface area contributed by atoms with Gasteiger partial charge in [0.05, 0.1) is 7.11 Å². The van der Waals surface area contributed by atoms with E-state index in [4.69, 9.17) is 27.9 Å². The van der Waals surface area contributed by atoms with Crippen molar-refractivity contribution in [1.82, 2.24) is 24.7 Å². The number of piperidine rings is 1. The third-order valence-corrected chi connectivity index (χ3v) is 8.00. The van der Waals surface area contributed by atoms with Crippen LogP contribution in [0, 0.1) is 0 Å². The van der Waals surface area contributed by atoms with Gasteiger partial charge in [-0.2, -0.15) is 0 Å². The number of amides is 2. The van der Waals surface area contributed by atoms with Crippen molar-refractivity contribution in [1.29, 1.82) is 0 Å². The molecule has 39 heavy (non-hydrogen) atoms. The predicted molar refractivity (Wildman–Crippen MR) is 154 cm³/mol. The van der Waals surface area contributed by atoms with Crippen molar-refractivity contribution in [3.63, 3.8) is 0 Å². The molecule has 0 saturated carbocycles. The largest absolute Gasteiger partial charge is 0.464 e. The number of halogens is 2. The van der Waals surface area contributed by atoms with Crippen LogP contribution in [0.4, 0.5) is 16.4 Å². The van der Waals surface area contributed by atoms with Gasteiger partial charge in [0.15, 0.2) is 22.5 Å². The van der Waals surface area contributed by atoms with Gasteiger partial charge in [0, 0.05) is 57.4 Å². The van der Waals surface area contributed by atoms with Crippen LogP contribution >= 0.6 is 23.2 Å². The standard InChI is InChI=1S/C27H37Cl2N7O3/c1-5-20-17-35(25-23(29)30-22(26(37)39-4)24(31-25)32-27(38)33(2)3)14-15-36(20)21-10-12-34(13-11-21)16-18-6-8-19(28)9-7-18/h6-9,20-21H,5,10-17H2,1-4H3,(H,31,32,38)/t20-/m0/s1. The van der Waals surface area contributed by atoms with Crippen molar-refractivity contribution in [2.24, 2.45) is 0 Å². The quantitative estimate of drug-likeness (QED) is 0.488. The Morgan fingerprint density at radius 3 is 2.38 bits per heavy atom. The first kappa shape index (κ1) is 29.3. The molecule has 2 amide bonds. The fraction of sp³-hybridized carbons (Fsp3) is 0.556. The highest BCUT2D eigenvalue weighted by Crippen LogP contribution is 2.31. The van der Waals surface area contributed by atoms with Crippen molar-refractivity contribution in [2.75, 3.05) is 64.1 Å². The van der Waals surface area contributed by atoms with Crippen LogP contribution in [0.5, 0.6) is 0 Å². The Morgan fingerprint density at radius 2 is 1.77 bits per heavy atom. The lowest BCUT2D eigenvalue weighted by Crippen LogP contribution is -2.58. The fourth-order valence-corrected chi connectivity index (χ4v) is 5.68. The monoisotopic (exact) mass is 577 g/mol.